The fourth-order valence-electron chi connectivity index (χ4n) is 2.93. The molecular formula is C21H30IN3O3. The van der Waals surface area contributed by atoms with Crippen LogP contribution in [0, 0.1) is 5.92 Å². The van der Waals surface area contributed by atoms with Gasteiger partial charge < -0.3 is 24.1 Å². The highest BCUT2D eigenvalue weighted by atomic mass is 127. The van der Waals surface area contributed by atoms with Crippen LogP contribution in [-0.4, -0.2) is 57.4 Å². The molecule has 1 N–H and O–H groups in total. The first kappa shape index (κ1) is 22.5. The Kier molecular flexibility index (Phi) is 10.2. The molecule has 0 aliphatic carbocycles. The lowest BCUT2D eigenvalue weighted by atomic mass is 10.1. The summed E-state index contributed by atoms with van der Waals surface area (Å²) in [6.07, 6.45) is 3.62. The molecule has 0 radical (unpaired) electrons. The van der Waals surface area contributed by atoms with Crippen LogP contribution < -0.4 is 10.1 Å². The Morgan fingerprint density at radius 1 is 1.25 bits per heavy atom. The van der Waals surface area contributed by atoms with Gasteiger partial charge in [0.1, 0.15) is 18.1 Å². The summed E-state index contributed by atoms with van der Waals surface area (Å²) in [5.41, 5.74) is 0. The number of halogens is 1. The lowest BCUT2D eigenvalue weighted by molar-refractivity contribution is 0.187. The van der Waals surface area contributed by atoms with E-state index in [-0.39, 0.29) is 24.0 Å². The van der Waals surface area contributed by atoms with Crippen molar-refractivity contribution in [1.82, 2.24) is 10.2 Å². The molecule has 0 spiro atoms. The van der Waals surface area contributed by atoms with Crippen LogP contribution in [0.1, 0.15) is 12.2 Å². The van der Waals surface area contributed by atoms with Crippen molar-refractivity contribution in [2.45, 2.75) is 12.8 Å². The Morgan fingerprint density at radius 2 is 2.11 bits per heavy atom. The zero-order chi connectivity index (χ0) is 18.7. The monoisotopic (exact) mass is 499 g/mol. The SMILES string of the molecule is CN(CCOc1ccccc1)C(=NCC1CCOC1)NCCc1ccco1.I. The topological polar surface area (TPSA) is 59.2 Å². The van der Waals surface area contributed by atoms with E-state index in [2.05, 4.69) is 10.2 Å². The molecule has 0 amide bonds. The number of para-hydroxylation sites is 1. The molecule has 1 atom stereocenters. The minimum atomic E-state index is 0. The fourth-order valence-corrected chi connectivity index (χ4v) is 2.93. The van der Waals surface area contributed by atoms with Crippen molar-refractivity contribution in [2.24, 2.45) is 10.9 Å². The molecule has 7 heteroatoms. The smallest absolute Gasteiger partial charge is 0.193 e. The number of aliphatic imine (C=N–C) groups is 1. The number of guanidine groups is 1. The summed E-state index contributed by atoms with van der Waals surface area (Å²) in [5.74, 6) is 3.27. The molecule has 2 heterocycles. The van der Waals surface area contributed by atoms with E-state index in [9.17, 15) is 0 Å². The van der Waals surface area contributed by atoms with Crippen molar-refractivity contribution in [3.8, 4) is 5.75 Å². The fraction of sp³-hybridized carbons (Fsp3) is 0.476. The second-order valence-electron chi connectivity index (χ2n) is 6.73. The van der Waals surface area contributed by atoms with Crippen molar-refractivity contribution < 1.29 is 13.9 Å². The van der Waals surface area contributed by atoms with E-state index in [1.54, 1.807) is 6.26 Å². The van der Waals surface area contributed by atoms with E-state index in [4.69, 9.17) is 18.9 Å². The second kappa shape index (κ2) is 12.7. The van der Waals surface area contributed by atoms with E-state index < -0.39 is 0 Å². The molecule has 1 unspecified atom stereocenters. The van der Waals surface area contributed by atoms with E-state index in [0.717, 1.165) is 63.2 Å². The van der Waals surface area contributed by atoms with Gasteiger partial charge in [0.2, 0.25) is 0 Å². The van der Waals surface area contributed by atoms with Gasteiger partial charge in [0.05, 0.1) is 19.4 Å². The van der Waals surface area contributed by atoms with Gasteiger partial charge in [0, 0.05) is 39.1 Å². The number of nitrogens with one attached hydrogen (secondary N) is 1. The summed E-state index contributed by atoms with van der Waals surface area (Å²) >= 11 is 0. The summed E-state index contributed by atoms with van der Waals surface area (Å²) in [7, 11) is 2.04. The van der Waals surface area contributed by atoms with Gasteiger partial charge in [-0.1, -0.05) is 18.2 Å². The molecule has 6 nitrogen and oxygen atoms in total. The largest absolute Gasteiger partial charge is 0.492 e. The molecule has 1 aromatic heterocycles. The first-order chi connectivity index (χ1) is 13.3. The molecule has 2 aromatic rings. The predicted octanol–water partition coefficient (Wildman–Crippen LogP) is 3.43. The van der Waals surface area contributed by atoms with Crippen molar-refractivity contribution in [1.29, 1.82) is 0 Å². The number of nitrogens with zero attached hydrogens (tertiary/aromatic N) is 2. The van der Waals surface area contributed by atoms with Crippen LogP contribution in [0.5, 0.6) is 5.75 Å². The van der Waals surface area contributed by atoms with E-state index in [0.29, 0.717) is 12.5 Å². The lowest BCUT2D eigenvalue weighted by Gasteiger charge is -2.23. The van der Waals surface area contributed by atoms with Gasteiger partial charge in [-0.25, -0.2) is 0 Å². The normalized spacial score (nSPS) is 16.5. The summed E-state index contributed by atoms with van der Waals surface area (Å²) in [5, 5.41) is 3.45. The lowest BCUT2D eigenvalue weighted by Crippen LogP contribution is -2.42. The number of benzene rings is 1. The molecule has 3 rings (SSSR count). The zero-order valence-corrected chi connectivity index (χ0v) is 18.7. The Bertz CT molecular complexity index is 673. The maximum absolute atomic E-state index is 5.81. The molecule has 1 fully saturated rings. The van der Waals surface area contributed by atoms with Gasteiger partial charge in [0.15, 0.2) is 5.96 Å². The molecule has 1 aliphatic rings. The molecule has 1 saturated heterocycles. The van der Waals surface area contributed by atoms with Crippen LogP contribution in [-0.2, 0) is 11.2 Å². The highest BCUT2D eigenvalue weighted by Gasteiger charge is 2.16. The number of rotatable bonds is 9. The molecule has 0 bridgehead atoms. The second-order valence-corrected chi connectivity index (χ2v) is 6.73. The molecule has 154 valence electrons. The average molecular weight is 499 g/mol. The van der Waals surface area contributed by atoms with E-state index in [1.165, 1.54) is 0 Å². The first-order valence-electron chi connectivity index (χ1n) is 9.58. The van der Waals surface area contributed by atoms with Crippen LogP contribution in [0.25, 0.3) is 0 Å². The van der Waals surface area contributed by atoms with Crippen molar-refractivity contribution in [3.05, 3.63) is 54.5 Å². The van der Waals surface area contributed by atoms with Crippen molar-refractivity contribution in [3.63, 3.8) is 0 Å². The first-order valence-corrected chi connectivity index (χ1v) is 9.58. The molecule has 0 saturated carbocycles. The Hall–Kier alpha value is -1.74. The van der Waals surface area contributed by atoms with Gasteiger partial charge in [-0.05, 0) is 30.7 Å². The third-order valence-corrected chi connectivity index (χ3v) is 4.56. The standard InChI is InChI=1S/C21H29N3O3.HI/c1-24(12-15-27-19-6-3-2-4-7-19)21(23-16-18-10-14-25-17-18)22-11-9-20-8-5-13-26-20;/h2-8,13,18H,9-12,14-17H2,1H3,(H,22,23);1H. The molecule has 1 aromatic carbocycles. The van der Waals surface area contributed by atoms with E-state index in [1.807, 2.05) is 49.5 Å². The van der Waals surface area contributed by atoms with Crippen LogP contribution in [0.2, 0.25) is 0 Å². The minimum Gasteiger partial charge on any atom is -0.492 e. The van der Waals surface area contributed by atoms with Gasteiger partial charge >= 0.3 is 0 Å². The number of ether oxygens (including phenoxy) is 2. The zero-order valence-electron chi connectivity index (χ0n) is 16.4. The Morgan fingerprint density at radius 3 is 2.82 bits per heavy atom. The molecule has 1 aliphatic heterocycles. The third kappa shape index (κ3) is 7.71. The van der Waals surface area contributed by atoms with Crippen LogP contribution in [0.3, 0.4) is 0 Å². The number of likely N-dealkylation sites (N-methyl/N-ethyl adjacent to an activating group) is 1. The van der Waals surface area contributed by atoms with Crippen molar-refractivity contribution in [2.75, 3.05) is 46.5 Å². The number of hydrogen-bond acceptors (Lipinski definition) is 4. The highest BCUT2D eigenvalue weighted by molar-refractivity contribution is 14.0. The average Bonchev–Trinajstić information content (AvgIpc) is 3.39. The number of hydrogen-bond donors (Lipinski definition) is 1. The van der Waals surface area contributed by atoms with Gasteiger partial charge in [0.25, 0.3) is 0 Å². The molecular weight excluding hydrogens is 469 g/mol. The van der Waals surface area contributed by atoms with E-state index >= 15 is 0 Å². The Balaban J connectivity index is 0.00000280. The van der Waals surface area contributed by atoms with Crippen LogP contribution in [0.4, 0.5) is 0 Å². The summed E-state index contributed by atoms with van der Waals surface area (Å²) in [4.78, 5) is 6.93. The summed E-state index contributed by atoms with van der Waals surface area (Å²) in [6, 6.07) is 13.8. The maximum Gasteiger partial charge on any atom is 0.193 e. The minimum absolute atomic E-state index is 0. The van der Waals surface area contributed by atoms with Crippen molar-refractivity contribution >= 4 is 29.9 Å². The summed E-state index contributed by atoms with van der Waals surface area (Å²) < 4.78 is 16.7. The van der Waals surface area contributed by atoms with Crippen LogP contribution >= 0.6 is 24.0 Å². The van der Waals surface area contributed by atoms with Gasteiger partial charge in [-0.2, -0.15) is 0 Å². The summed E-state index contributed by atoms with van der Waals surface area (Å²) in [6.45, 7) is 4.57. The quantitative estimate of drug-likeness (QED) is 0.326. The predicted molar refractivity (Wildman–Crippen MR) is 122 cm³/mol. The molecule has 28 heavy (non-hydrogen) atoms. The third-order valence-electron chi connectivity index (χ3n) is 4.56. The van der Waals surface area contributed by atoms with Gasteiger partial charge in [-0.3, -0.25) is 4.99 Å². The van der Waals surface area contributed by atoms with Gasteiger partial charge in [-0.15, -0.1) is 24.0 Å². The highest BCUT2D eigenvalue weighted by Crippen LogP contribution is 2.12. The Labute approximate surface area is 184 Å². The number of furan rings is 1. The van der Waals surface area contributed by atoms with Crippen LogP contribution in [0.15, 0.2) is 58.1 Å². The maximum atomic E-state index is 5.81.